The smallest absolute Gasteiger partial charge is 0.316 e. The summed E-state index contributed by atoms with van der Waals surface area (Å²) in [4.78, 5) is 14.3. The lowest BCUT2D eigenvalue weighted by Gasteiger charge is -2.48. The highest BCUT2D eigenvalue weighted by Crippen LogP contribution is 2.47. The molecule has 20 atom stereocenters. The van der Waals surface area contributed by atoms with Crippen molar-refractivity contribution in [2.45, 2.75) is 191 Å². The summed E-state index contributed by atoms with van der Waals surface area (Å²) in [5.41, 5.74) is 0.134. The van der Waals surface area contributed by atoms with E-state index in [1.807, 2.05) is 32.1 Å². The Balaban J connectivity index is 1.18. The van der Waals surface area contributed by atoms with Crippen LogP contribution in [0.25, 0.3) is 0 Å². The van der Waals surface area contributed by atoms with Gasteiger partial charge in [-0.2, -0.15) is 0 Å². The Morgan fingerprint density at radius 1 is 0.887 bits per heavy atom. The van der Waals surface area contributed by atoms with Crippen LogP contribution in [0.3, 0.4) is 0 Å². The number of methoxy groups -OCH3 is 2. The molecule has 62 heavy (non-hydrogen) atoms. The molecule has 0 radical (unpaired) electrons. The van der Waals surface area contributed by atoms with Gasteiger partial charge in [0.1, 0.15) is 42.0 Å². The predicted molar refractivity (Wildman–Crippen MR) is 227 cm³/mol. The Hall–Kier alpha value is -2.31. The summed E-state index contributed by atoms with van der Waals surface area (Å²) in [5.74, 6) is -2.56. The maximum Gasteiger partial charge on any atom is 0.316 e. The second-order valence-corrected chi connectivity index (χ2v) is 19.0. The van der Waals surface area contributed by atoms with Crippen molar-refractivity contribution in [2.24, 2.45) is 23.7 Å². The highest BCUT2D eigenvalue weighted by atomic mass is 16.7. The average Bonchev–Trinajstić information content (AvgIpc) is 3.58. The zero-order valence-corrected chi connectivity index (χ0v) is 38.2. The molecule has 1 spiro atoms. The van der Waals surface area contributed by atoms with Crippen LogP contribution in [0, 0.1) is 23.7 Å². The molecule has 14 nitrogen and oxygen atoms in total. The standard InChI is InChI=1S/C48H72O14/c1-11-25(2)43-28(5)17-18-47(62-43)23-34-20-33(61-47)16-15-27(4)42(26(3)13-12-14-32-24-55-45-40(49)29(6)19-35(46(51)58-34)48(32,45)52)59-39-22-37(54-10)44(31(8)57-39)60-38-21-36(53-9)41(50)30(7)56-38/h12-15,17-19,25-26,28,30-31,33-45,49-50,52H,11,16,20-24H2,1-10H3/b13-12+,27-15+,32-14+/t25?,26-,28-,30-,31-,33+,34-,35-,36-,37-,38-,39-,40+,41-,42-,43+,44-,45+,47+,48+/m0/s1. The molecule has 4 saturated heterocycles. The van der Waals surface area contributed by atoms with Gasteiger partial charge in [0.05, 0.1) is 49.3 Å². The van der Waals surface area contributed by atoms with E-state index in [1.165, 1.54) is 0 Å². The average molecular weight is 873 g/mol. The van der Waals surface area contributed by atoms with Gasteiger partial charge in [-0.1, -0.05) is 70.6 Å². The Morgan fingerprint density at radius 2 is 1.60 bits per heavy atom. The highest BCUT2D eigenvalue weighted by Gasteiger charge is 2.60. The zero-order valence-electron chi connectivity index (χ0n) is 38.2. The normalized spacial score (nSPS) is 49.1. The molecule has 1 aliphatic carbocycles. The Bertz CT molecular complexity index is 1730. The summed E-state index contributed by atoms with van der Waals surface area (Å²) in [6.45, 7) is 16.1. The fourth-order valence-corrected chi connectivity index (χ4v) is 10.6. The van der Waals surface area contributed by atoms with Gasteiger partial charge in [0, 0.05) is 51.7 Å². The number of carbonyl (C=O) groups is 1. The van der Waals surface area contributed by atoms with Gasteiger partial charge < -0.3 is 62.7 Å². The van der Waals surface area contributed by atoms with Crippen molar-refractivity contribution in [1.82, 2.24) is 0 Å². The zero-order chi connectivity index (χ0) is 44.7. The first-order chi connectivity index (χ1) is 29.5. The molecule has 0 amide bonds. The molecular formula is C48H72O14. The second kappa shape index (κ2) is 19.7. The lowest BCUT2D eigenvalue weighted by Crippen LogP contribution is -2.58. The fraction of sp³-hybridized carbons (Fsp3) is 0.771. The minimum Gasteiger partial charge on any atom is -0.462 e. The van der Waals surface area contributed by atoms with Crippen LogP contribution < -0.4 is 0 Å². The van der Waals surface area contributed by atoms with Crippen LogP contribution in [-0.2, 0) is 52.2 Å². The maximum atomic E-state index is 14.3. The summed E-state index contributed by atoms with van der Waals surface area (Å²) in [6, 6.07) is 0. The molecule has 6 aliphatic heterocycles. The van der Waals surface area contributed by atoms with Gasteiger partial charge in [0.25, 0.3) is 0 Å². The molecule has 0 aromatic heterocycles. The molecule has 4 fully saturated rings. The highest BCUT2D eigenvalue weighted by molar-refractivity contribution is 5.78. The molecule has 7 rings (SSSR count). The third kappa shape index (κ3) is 9.64. The van der Waals surface area contributed by atoms with E-state index in [-0.39, 0.29) is 42.7 Å². The number of fused-ring (bicyclic) bond motifs is 2. The van der Waals surface area contributed by atoms with Crippen molar-refractivity contribution >= 4 is 5.97 Å². The van der Waals surface area contributed by atoms with E-state index in [0.717, 1.165) is 12.0 Å². The summed E-state index contributed by atoms with van der Waals surface area (Å²) in [6.07, 6.45) is 8.55. The molecule has 1 unspecified atom stereocenters. The van der Waals surface area contributed by atoms with Crippen LogP contribution in [-0.4, -0.2) is 139 Å². The van der Waals surface area contributed by atoms with Gasteiger partial charge in [0.15, 0.2) is 18.4 Å². The van der Waals surface area contributed by atoms with Crippen LogP contribution in [0.5, 0.6) is 0 Å². The summed E-state index contributed by atoms with van der Waals surface area (Å²) in [5, 5.41) is 34.2. The minimum atomic E-state index is -1.84. The summed E-state index contributed by atoms with van der Waals surface area (Å²) >= 11 is 0. The van der Waals surface area contributed by atoms with E-state index < -0.39 is 90.8 Å². The van der Waals surface area contributed by atoms with Gasteiger partial charge in [-0.3, -0.25) is 4.79 Å². The maximum absolute atomic E-state index is 14.3. The van der Waals surface area contributed by atoms with E-state index in [4.69, 9.17) is 47.4 Å². The topological polar surface area (TPSA) is 170 Å². The van der Waals surface area contributed by atoms with Gasteiger partial charge in [-0.25, -0.2) is 0 Å². The van der Waals surface area contributed by atoms with Crippen LogP contribution >= 0.6 is 0 Å². The first-order valence-electron chi connectivity index (χ1n) is 22.9. The number of aliphatic hydroxyl groups excluding tert-OH is 2. The molecule has 0 aromatic carbocycles. The van der Waals surface area contributed by atoms with Crippen LogP contribution in [0.15, 0.2) is 59.3 Å². The molecule has 348 valence electrons. The fourth-order valence-electron chi connectivity index (χ4n) is 10.6. The number of hydrogen-bond donors (Lipinski definition) is 3. The summed E-state index contributed by atoms with van der Waals surface area (Å²) in [7, 11) is 3.22. The third-order valence-electron chi connectivity index (χ3n) is 14.5. The molecule has 3 N–H and O–H groups in total. The van der Waals surface area contributed by atoms with Crippen molar-refractivity contribution in [2.75, 3.05) is 20.8 Å². The minimum absolute atomic E-state index is 0.0317. The molecule has 14 heteroatoms. The van der Waals surface area contributed by atoms with E-state index in [0.29, 0.717) is 43.3 Å². The van der Waals surface area contributed by atoms with E-state index in [2.05, 4.69) is 39.8 Å². The van der Waals surface area contributed by atoms with Gasteiger partial charge in [-0.05, 0) is 62.8 Å². The Labute approximate surface area is 367 Å². The van der Waals surface area contributed by atoms with E-state index in [1.54, 1.807) is 40.2 Å². The van der Waals surface area contributed by atoms with Gasteiger partial charge in [-0.15, -0.1) is 0 Å². The monoisotopic (exact) mass is 872 g/mol. The summed E-state index contributed by atoms with van der Waals surface area (Å²) < 4.78 is 63.7. The number of ether oxygens (including phenoxy) is 10. The van der Waals surface area contributed by atoms with Crippen molar-refractivity contribution in [1.29, 1.82) is 0 Å². The SMILES string of the molecule is CCC(C)[C@H]1O[C@]2(C=C[C@@H]1C)C[C@@H]1C[C@@H](C/C=C(\C)[C@@H](O[C@H]3C[C@H](OC)[C@@H](O[C@H]4C[C@H](OC)[C@@H](O)[C@H](C)O4)[C@H](C)O3)[C@@H](C)/C=C/C=C3\CO[C@@H]4[C@H](O)C(C)=C[C@@H](C(=O)O1)[C@]34O)O2. The lowest BCUT2D eigenvalue weighted by atomic mass is 9.71. The van der Waals surface area contributed by atoms with Crippen molar-refractivity contribution in [3.63, 3.8) is 0 Å². The molecular weight excluding hydrogens is 801 g/mol. The largest absolute Gasteiger partial charge is 0.462 e. The van der Waals surface area contributed by atoms with Crippen molar-refractivity contribution in [3.8, 4) is 0 Å². The number of hydrogen-bond acceptors (Lipinski definition) is 14. The lowest BCUT2D eigenvalue weighted by molar-refractivity contribution is -0.318. The molecule has 6 heterocycles. The van der Waals surface area contributed by atoms with E-state index in [9.17, 15) is 20.1 Å². The molecule has 0 saturated carbocycles. The second-order valence-electron chi connectivity index (χ2n) is 19.0. The number of allylic oxidation sites excluding steroid dienone is 2. The van der Waals surface area contributed by atoms with Crippen LogP contribution in [0.1, 0.15) is 93.9 Å². The first-order valence-corrected chi connectivity index (χ1v) is 22.9. The number of esters is 1. The number of rotatable bonds is 8. The van der Waals surface area contributed by atoms with Crippen molar-refractivity contribution in [3.05, 3.63) is 59.3 Å². The molecule has 2 bridgehead atoms. The molecule has 0 aromatic rings. The van der Waals surface area contributed by atoms with Crippen molar-refractivity contribution < 1.29 is 67.5 Å². The Kier molecular flexibility index (Phi) is 15.1. The Morgan fingerprint density at radius 3 is 2.32 bits per heavy atom. The van der Waals surface area contributed by atoms with Crippen LogP contribution in [0.2, 0.25) is 0 Å². The van der Waals surface area contributed by atoms with Gasteiger partial charge >= 0.3 is 5.97 Å². The predicted octanol–water partition coefficient (Wildman–Crippen LogP) is 5.38. The number of aliphatic hydroxyl groups is 3. The molecule has 7 aliphatic rings. The first kappa shape index (κ1) is 47.6. The quantitative estimate of drug-likeness (QED) is 0.210. The third-order valence-corrected chi connectivity index (χ3v) is 14.5. The van der Waals surface area contributed by atoms with Crippen LogP contribution in [0.4, 0.5) is 0 Å². The van der Waals surface area contributed by atoms with Gasteiger partial charge in [0.2, 0.25) is 0 Å². The number of carbonyl (C=O) groups excluding carboxylic acids is 1. The van der Waals surface area contributed by atoms with E-state index >= 15 is 0 Å².